The normalized spacial score (nSPS) is 10.8. The third-order valence-electron chi connectivity index (χ3n) is 2.67. The summed E-state index contributed by atoms with van der Waals surface area (Å²) in [6.45, 7) is 4.86. The van der Waals surface area contributed by atoms with Crippen LogP contribution in [0.25, 0.3) is 5.69 Å². The van der Waals surface area contributed by atoms with Crippen molar-refractivity contribution in [3.05, 3.63) is 41.5 Å². The van der Waals surface area contributed by atoms with E-state index in [1.165, 1.54) is 11.1 Å². The number of aromatic nitrogens is 3. The van der Waals surface area contributed by atoms with Crippen molar-refractivity contribution in [1.29, 1.82) is 0 Å². The number of hydrogen-bond donors (Lipinski definition) is 1. The van der Waals surface area contributed by atoms with Crippen LogP contribution in [0.15, 0.2) is 24.5 Å². The van der Waals surface area contributed by atoms with E-state index in [0.29, 0.717) is 6.54 Å². The zero-order valence-corrected chi connectivity index (χ0v) is 10.3. The molecule has 4 nitrogen and oxygen atoms in total. The van der Waals surface area contributed by atoms with Gasteiger partial charge in [0.2, 0.25) is 0 Å². The van der Waals surface area contributed by atoms with E-state index in [1.54, 1.807) is 6.33 Å². The van der Waals surface area contributed by atoms with Gasteiger partial charge in [0.05, 0.1) is 5.69 Å². The molecule has 0 aliphatic carbocycles. The second kappa shape index (κ2) is 5.10. The summed E-state index contributed by atoms with van der Waals surface area (Å²) in [4.78, 5) is 4.29. The summed E-state index contributed by atoms with van der Waals surface area (Å²) in [6, 6.07) is 6.39. The Balaban J connectivity index is 2.35. The number of nitrogens with zero attached hydrogens (tertiary/aromatic N) is 3. The Kier molecular flexibility index (Phi) is 3.54. The molecule has 1 heterocycles. The van der Waals surface area contributed by atoms with Crippen LogP contribution in [-0.2, 0) is 6.42 Å². The van der Waals surface area contributed by atoms with E-state index < -0.39 is 0 Å². The van der Waals surface area contributed by atoms with Crippen molar-refractivity contribution in [3.63, 3.8) is 0 Å². The summed E-state index contributed by atoms with van der Waals surface area (Å²) in [6.07, 6.45) is 3.40. The fourth-order valence-corrected chi connectivity index (χ4v) is 1.98. The third-order valence-corrected chi connectivity index (χ3v) is 2.67. The van der Waals surface area contributed by atoms with Crippen LogP contribution < -0.4 is 5.73 Å². The first kappa shape index (κ1) is 11.8. The molecule has 90 valence electrons. The van der Waals surface area contributed by atoms with Crippen LogP contribution in [0.3, 0.4) is 0 Å². The largest absolute Gasteiger partial charge is 0.330 e. The van der Waals surface area contributed by atoms with Gasteiger partial charge in [-0.25, -0.2) is 9.67 Å². The van der Waals surface area contributed by atoms with Crippen molar-refractivity contribution in [1.82, 2.24) is 14.8 Å². The molecule has 2 N–H and O–H groups in total. The van der Waals surface area contributed by atoms with E-state index in [4.69, 9.17) is 5.73 Å². The van der Waals surface area contributed by atoms with Gasteiger partial charge in [0, 0.05) is 6.42 Å². The molecule has 0 spiro atoms. The monoisotopic (exact) mass is 230 g/mol. The maximum atomic E-state index is 5.52. The molecular weight excluding hydrogens is 212 g/mol. The summed E-state index contributed by atoms with van der Waals surface area (Å²) in [7, 11) is 0. The van der Waals surface area contributed by atoms with Crippen LogP contribution in [0.1, 0.15) is 23.4 Å². The predicted molar refractivity (Wildman–Crippen MR) is 68.2 cm³/mol. The molecule has 1 aromatic heterocycles. The van der Waals surface area contributed by atoms with E-state index in [1.807, 2.05) is 4.68 Å². The Bertz CT molecular complexity index is 482. The number of aryl methyl sites for hydroxylation is 3. The molecule has 0 amide bonds. The van der Waals surface area contributed by atoms with E-state index in [-0.39, 0.29) is 0 Å². The van der Waals surface area contributed by atoms with Gasteiger partial charge < -0.3 is 5.73 Å². The minimum atomic E-state index is 0.680. The summed E-state index contributed by atoms with van der Waals surface area (Å²) in [5, 5.41) is 4.29. The zero-order valence-electron chi connectivity index (χ0n) is 10.3. The molecular formula is C13H18N4. The lowest BCUT2D eigenvalue weighted by Crippen LogP contribution is -2.07. The molecule has 4 heteroatoms. The van der Waals surface area contributed by atoms with E-state index in [2.05, 4.69) is 42.1 Å². The smallest absolute Gasteiger partial charge is 0.138 e. The molecule has 1 aromatic carbocycles. The zero-order chi connectivity index (χ0) is 12.3. The highest BCUT2D eigenvalue weighted by atomic mass is 15.3. The van der Waals surface area contributed by atoms with Crippen LogP contribution in [-0.4, -0.2) is 21.3 Å². The SMILES string of the molecule is Cc1cc(C)cc(-n2ncnc2CCCN)c1. The Labute approximate surface area is 101 Å². The number of hydrogen-bond acceptors (Lipinski definition) is 3. The van der Waals surface area contributed by atoms with Gasteiger partial charge in [-0.3, -0.25) is 0 Å². The Hall–Kier alpha value is -1.68. The lowest BCUT2D eigenvalue weighted by atomic mass is 10.1. The molecule has 0 aliphatic heterocycles. The van der Waals surface area contributed by atoms with Gasteiger partial charge >= 0.3 is 0 Å². The molecule has 0 atom stereocenters. The van der Waals surface area contributed by atoms with Crippen molar-refractivity contribution in [2.45, 2.75) is 26.7 Å². The number of benzene rings is 1. The quantitative estimate of drug-likeness (QED) is 0.871. The highest BCUT2D eigenvalue weighted by Crippen LogP contribution is 2.14. The molecule has 2 rings (SSSR count). The van der Waals surface area contributed by atoms with Crippen molar-refractivity contribution >= 4 is 0 Å². The van der Waals surface area contributed by atoms with Gasteiger partial charge in [-0.2, -0.15) is 5.10 Å². The van der Waals surface area contributed by atoms with Crippen LogP contribution in [0.5, 0.6) is 0 Å². The van der Waals surface area contributed by atoms with Gasteiger partial charge in [-0.05, 0) is 50.1 Å². The molecule has 0 bridgehead atoms. The molecule has 0 saturated carbocycles. The second-order valence-corrected chi connectivity index (χ2v) is 4.33. The highest BCUT2D eigenvalue weighted by Gasteiger charge is 2.06. The average molecular weight is 230 g/mol. The predicted octanol–water partition coefficient (Wildman–Crippen LogP) is 1.78. The first-order chi connectivity index (χ1) is 8.20. The maximum Gasteiger partial charge on any atom is 0.138 e. The highest BCUT2D eigenvalue weighted by molar-refractivity contribution is 5.39. The molecule has 17 heavy (non-hydrogen) atoms. The third kappa shape index (κ3) is 2.71. The molecule has 2 aromatic rings. The van der Waals surface area contributed by atoms with E-state index >= 15 is 0 Å². The van der Waals surface area contributed by atoms with Crippen molar-refractivity contribution in [2.24, 2.45) is 5.73 Å². The molecule has 0 aliphatic rings. The van der Waals surface area contributed by atoms with Crippen LogP contribution in [0, 0.1) is 13.8 Å². The summed E-state index contributed by atoms with van der Waals surface area (Å²) in [5.41, 5.74) is 9.07. The second-order valence-electron chi connectivity index (χ2n) is 4.33. The van der Waals surface area contributed by atoms with Crippen molar-refractivity contribution in [2.75, 3.05) is 6.54 Å². The Morgan fingerprint density at radius 2 is 1.88 bits per heavy atom. The first-order valence-corrected chi connectivity index (χ1v) is 5.88. The fourth-order valence-electron chi connectivity index (χ4n) is 1.98. The number of nitrogens with two attached hydrogens (primary N) is 1. The summed E-state index contributed by atoms with van der Waals surface area (Å²) < 4.78 is 1.90. The van der Waals surface area contributed by atoms with Crippen LogP contribution in [0.4, 0.5) is 0 Å². The van der Waals surface area contributed by atoms with Crippen molar-refractivity contribution < 1.29 is 0 Å². The Morgan fingerprint density at radius 3 is 2.53 bits per heavy atom. The van der Waals surface area contributed by atoms with Crippen LogP contribution >= 0.6 is 0 Å². The Morgan fingerprint density at radius 1 is 1.18 bits per heavy atom. The van der Waals surface area contributed by atoms with Crippen molar-refractivity contribution in [3.8, 4) is 5.69 Å². The van der Waals surface area contributed by atoms with Gasteiger partial charge in [-0.1, -0.05) is 6.07 Å². The van der Waals surface area contributed by atoms with Gasteiger partial charge in [0.15, 0.2) is 0 Å². The molecule has 0 saturated heterocycles. The minimum Gasteiger partial charge on any atom is -0.330 e. The minimum absolute atomic E-state index is 0.680. The lowest BCUT2D eigenvalue weighted by molar-refractivity contribution is 0.732. The topological polar surface area (TPSA) is 56.7 Å². The standard InChI is InChI=1S/C13H18N4/c1-10-6-11(2)8-12(7-10)17-13(4-3-5-14)15-9-16-17/h6-9H,3-5,14H2,1-2H3. The van der Waals surface area contributed by atoms with Gasteiger partial charge in [0.1, 0.15) is 12.2 Å². The van der Waals surface area contributed by atoms with E-state index in [9.17, 15) is 0 Å². The fraction of sp³-hybridized carbons (Fsp3) is 0.385. The van der Waals surface area contributed by atoms with E-state index in [0.717, 1.165) is 24.4 Å². The summed E-state index contributed by atoms with van der Waals surface area (Å²) >= 11 is 0. The number of rotatable bonds is 4. The molecule has 0 unspecified atom stereocenters. The van der Waals surface area contributed by atoms with Crippen LogP contribution in [0.2, 0.25) is 0 Å². The first-order valence-electron chi connectivity index (χ1n) is 5.88. The maximum absolute atomic E-state index is 5.52. The lowest BCUT2D eigenvalue weighted by Gasteiger charge is -2.07. The van der Waals surface area contributed by atoms with Gasteiger partial charge in [-0.15, -0.1) is 0 Å². The molecule has 0 fully saturated rings. The van der Waals surface area contributed by atoms with Gasteiger partial charge in [0.25, 0.3) is 0 Å². The molecule has 0 radical (unpaired) electrons. The average Bonchev–Trinajstić information content (AvgIpc) is 2.73. The summed E-state index contributed by atoms with van der Waals surface area (Å²) in [5.74, 6) is 0.973.